The summed E-state index contributed by atoms with van der Waals surface area (Å²) >= 11 is 0. The predicted molar refractivity (Wildman–Crippen MR) is 88.4 cm³/mol. The summed E-state index contributed by atoms with van der Waals surface area (Å²) in [5.74, 6) is 0.898. The van der Waals surface area contributed by atoms with Crippen LogP contribution >= 0.6 is 0 Å². The monoisotopic (exact) mass is 290 g/mol. The molecule has 1 aromatic heterocycles. The van der Waals surface area contributed by atoms with Gasteiger partial charge in [-0.3, -0.25) is 4.79 Å². The van der Waals surface area contributed by atoms with Gasteiger partial charge in [0.2, 0.25) is 0 Å². The van der Waals surface area contributed by atoms with Crippen LogP contribution in [-0.4, -0.2) is 42.9 Å². The third-order valence-corrected chi connectivity index (χ3v) is 3.19. The molecule has 0 saturated carbocycles. The summed E-state index contributed by atoms with van der Waals surface area (Å²) in [5, 5.41) is 1.05. The summed E-state index contributed by atoms with van der Waals surface area (Å²) < 4.78 is 5.71. The van der Waals surface area contributed by atoms with Crippen molar-refractivity contribution in [3.05, 3.63) is 29.5 Å². The molecule has 1 N–H and O–H groups in total. The van der Waals surface area contributed by atoms with Crippen LogP contribution < -0.4 is 4.74 Å². The Bertz CT molecular complexity index is 600. The zero-order valence-electron chi connectivity index (χ0n) is 13.9. The molecule has 0 amide bonds. The molecule has 1 aromatic carbocycles. The number of aryl methyl sites for hydroxylation is 1. The van der Waals surface area contributed by atoms with E-state index in [9.17, 15) is 4.79 Å². The molecule has 0 aliphatic heterocycles. The van der Waals surface area contributed by atoms with Crippen LogP contribution in [0.15, 0.2) is 18.2 Å². The van der Waals surface area contributed by atoms with Gasteiger partial charge in [0, 0.05) is 24.4 Å². The van der Waals surface area contributed by atoms with E-state index in [1.807, 2.05) is 53.1 Å². The minimum atomic E-state index is 0.0591. The fourth-order valence-electron chi connectivity index (χ4n) is 2.09. The molecule has 2 rings (SSSR count). The number of nitrogens with zero attached hydrogens (tertiary/aromatic N) is 1. The normalized spacial score (nSPS) is 10.4. The second kappa shape index (κ2) is 7.84. The van der Waals surface area contributed by atoms with Crippen molar-refractivity contribution in [3.8, 4) is 5.75 Å². The SMILES string of the molecule is CC.CC(=O)c1[nH]c2ccc(OCCN(C)C)cc2c1C. The Morgan fingerprint density at radius 3 is 2.52 bits per heavy atom. The molecule has 0 radical (unpaired) electrons. The second-order valence-corrected chi connectivity index (χ2v) is 5.04. The molecule has 2 aromatic rings. The minimum Gasteiger partial charge on any atom is -0.492 e. The third-order valence-electron chi connectivity index (χ3n) is 3.19. The molecule has 4 nitrogen and oxygen atoms in total. The van der Waals surface area contributed by atoms with E-state index in [0.29, 0.717) is 12.3 Å². The predicted octanol–water partition coefficient (Wildman–Crippen LogP) is 3.65. The zero-order chi connectivity index (χ0) is 16.0. The highest BCUT2D eigenvalue weighted by molar-refractivity contribution is 6.01. The number of hydrogen-bond donors (Lipinski definition) is 1. The van der Waals surface area contributed by atoms with Crippen molar-refractivity contribution in [1.29, 1.82) is 0 Å². The lowest BCUT2D eigenvalue weighted by molar-refractivity contribution is 0.101. The van der Waals surface area contributed by atoms with Crippen molar-refractivity contribution in [2.75, 3.05) is 27.2 Å². The number of ketones is 1. The Labute approximate surface area is 127 Å². The van der Waals surface area contributed by atoms with Gasteiger partial charge in [0.05, 0.1) is 5.69 Å². The third kappa shape index (κ3) is 4.33. The van der Waals surface area contributed by atoms with Gasteiger partial charge in [0.15, 0.2) is 5.78 Å². The average Bonchev–Trinajstić information content (AvgIpc) is 2.78. The molecule has 0 aliphatic carbocycles. The van der Waals surface area contributed by atoms with E-state index in [2.05, 4.69) is 9.88 Å². The van der Waals surface area contributed by atoms with Crippen molar-refractivity contribution in [2.45, 2.75) is 27.7 Å². The number of aromatic nitrogens is 1. The summed E-state index contributed by atoms with van der Waals surface area (Å²) in [6.45, 7) is 9.07. The van der Waals surface area contributed by atoms with Crippen LogP contribution in [0.2, 0.25) is 0 Å². The van der Waals surface area contributed by atoms with Gasteiger partial charge in [0.25, 0.3) is 0 Å². The largest absolute Gasteiger partial charge is 0.492 e. The fraction of sp³-hybridized carbons (Fsp3) is 0.471. The summed E-state index contributed by atoms with van der Waals surface area (Å²) in [5.41, 5.74) is 2.64. The van der Waals surface area contributed by atoms with E-state index in [0.717, 1.165) is 28.8 Å². The van der Waals surface area contributed by atoms with E-state index in [4.69, 9.17) is 4.74 Å². The second-order valence-electron chi connectivity index (χ2n) is 5.04. The topological polar surface area (TPSA) is 45.3 Å². The first-order valence-corrected chi connectivity index (χ1v) is 7.40. The molecule has 1 heterocycles. The first kappa shape index (κ1) is 17.2. The van der Waals surface area contributed by atoms with Crippen LogP contribution in [0.5, 0.6) is 5.75 Å². The number of nitrogens with one attached hydrogen (secondary N) is 1. The molecule has 116 valence electrons. The maximum atomic E-state index is 11.5. The van der Waals surface area contributed by atoms with Gasteiger partial charge >= 0.3 is 0 Å². The lowest BCUT2D eigenvalue weighted by atomic mass is 10.1. The number of fused-ring (bicyclic) bond motifs is 1. The number of aromatic amines is 1. The minimum absolute atomic E-state index is 0.0591. The van der Waals surface area contributed by atoms with Crippen molar-refractivity contribution in [3.63, 3.8) is 0 Å². The van der Waals surface area contributed by atoms with E-state index in [-0.39, 0.29) is 5.78 Å². The summed E-state index contributed by atoms with van der Waals surface area (Å²) in [6, 6.07) is 5.88. The number of H-pyrrole nitrogens is 1. The molecule has 0 spiro atoms. The van der Waals surface area contributed by atoms with Crippen LogP contribution in [0.4, 0.5) is 0 Å². The Balaban J connectivity index is 0.00000106. The Hall–Kier alpha value is -1.81. The molecule has 0 aliphatic rings. The molecule has 0 fully saturated rings. The quantitative estimate of drug-likeness (QED) is 0.855. The summed E-state index contributed by atoms with van der Waals surface area (Å²) in [7, 11) is 4.03. The smallest absolute Gasteiger partial charge is 0.176 e. The highest BCUT2D eigenvalue weighted by Gasteiger charge is 2.11. The number of likely N-dealkylation sites (N-methyl/N-ethyl adjacent to an activating group) is 1. The lowest BCUT2D eigenvalue weighted by Crippen LogP contribution is -2.19. The van der Waals surface area contributed by atoms with Gasteiger partial charge in [-0.05, 0) is 44.8 Å². The van der Waals surface area contributed by atoms with Gasteiger partial charge < -0.3 is 14.6 Å². The van der Waals surface area contributed by atoms with Crippen LogP contribution in [0.3, 0.4) is 0 Å². The maximum absolute atomic E-state index is 11.5. The molecule has 0 unspecified atom stereocenters. The number of Topliss-reactive ketones (excluding diaryl/α,β-unsaturated/α-hetero) is 1. The standard InChI is InChI=1S/C15H20N2O2.C2H6/c1-10-13-9-12(19-8-7-17(3)4)5-6-14(13)16-15(10)11(2)18;1-2/h5-6,9,16H,7-8H2,1-4H3;1-2H3. The van der Waals surface area contributed by atoms with Crippen molar-refractivity contribution in [1.82, 2.24) is 9.88 Å². The summed E-state index contributed by atoms with van der Waals surface area (Å²) in [4.78, 5) is 16.7. The van der Waals surface area contributed by atoms with Crippen LogP contribution in [0, 0.1) is 6.92 Å². The number of hydrogen-bond acceptors (Lipinski definition) is 3. The molecular formula is C17H26N2O2. The Morgan fingerprint density at radius 1 is 1.29 bits per heavy atom. The zero-order valence-corrected chi connectivity index (χ0v) is 13.9. The van der Waals surface area contributed by atoms with Gasteiger partial charge in [-0.2, -0.15) is 0 Å². The van der Waals surface area contributed by atoms with E-state index in [1.54, 1.807) is 6.92 Å². The Morgan fingerprint density at radius 2 is 1.95 bits per heavy atom. The average molecular weight is 290 g/mol. The number of carbonyl (C=O) groups excluding carboxylic acids is 1. The molecule has 4 heteroatoms. The van der Waals surface area contributed by atoms with Crippen LogP contribution in [0.1, 0.15) is 36.8 Å². The highest BCUT2D eigenvalue weighted by atomic mass is 16.5. The van der Waals surface area contributed by atoms with E-state index in [1.165, 1.54) is 0 Å². The van der Waals surface area contributed by atoms with Crippen LogP contribution in [0.25, 0.3) is 10.9 Å². The molecule has 21 heavy (non-hydrogen) atoms. The number of benzene rings is 1. The number of carbonyl (C=O) groups is 1. The molecule has 0 bridgehead atoms. The highest BCUT2D eigenvalue weighted by Crippen LogP contribution is 2.26. The number of rotatable bonds is 5. The van der Waals surface area contributed by atoms with E-state index >= 15 is 0 Å². The van der Waals surface area contributed by atoms with E-state index < -0.39 is 0 Å². The summed E-state index contributed by atoms with van der Waals surface area (Å²) in [6.07, 6.45) is 0. The van der Waals surface area contributed by atoms with Crippen LogP contribution in [-0.2, 0) is 0 Å². The molecular weight excluding hydrogens is 264 g/mol. The van der Waals surface area contributed by atoms with Gasteiger partial charge in [-0.15, -0.1) is 0 Å². The first-order valence-electron chi connectivity index (χ1n) is 7.40. The fourth-order valence-corrected chi connectivity index (χ4v) is 2.09. The maximum Gasteiger partial charge on any atom is 0.176 e. The van der Waals surface area contributed by atoms with Crippen molar-refractivity contribution in [2.24, 2.45) is 0 Å². The van der Waals surface area contributed by atoms with Crippen molar-refractivity contribution < 1.29 is 9.53 Å². The van der Waals surface area contributed by atoms with Gasteiger partial charge in [-0.1, -0.05) is 13.8 Å². The molecule has 0 atom stereocenters. The van der Waals surface area contributed by atoms with Gasteiger partial charge in [0.1, 0.15) is 12.4 Å². The first-order chi connectivity index (χ1) is 9.99. The van der Waals surface area contributed by atoms with Crippen molar-refractivity contribution >= 4 is 16.7 Å². The Kier molecular flexibility index (Phi) is 6.43. The number of ether oxygens (including phenoxy) is 1. The molecule has 0 saturated heterocycles. The lowest BCUT2D eigenvalue weighted by Gasteiger charge is -2.11. The van der Waals surface area contributed by atoms with Gasteiger partial charge in [-0.25, -0.2) is 0 Å².